The Morgan fingerprint density at radius 1 is 1.05 bits per heavy atom. The molecule has 0 aliphatic rings. The lowest BCUT2D eigenvalue weighted by atomic mass is 10.0. The molecule has 0 bridgehead atoms. The number of aryl methyl sites for hydroxylation is 2. The van der Waals surface area contributed by atoms with E-state index >= 15 is 0 Å². The highest BCUT2D eigenvalue weighted by Crippen LogP contribution is 2.27. The molecule has 0 aromatic heterocycles. The largest absolute Gasteiger partial charge is 0.376 e. The van der Waals surface area contributed by atoms with E-state index in [0.717, 1.165) is 12.0 Å². The zero-order chi connectivity index (χ0) is 13.8. The lowest BCUT2D eigenvalue weighted by Crippen LogP contribution is -2.11. The second-order valence-electron chi connectivity index (χ2n) is 4.95. The molecule has 2 heteroatoms. The number of nitrogens with one attached hydrogen (secondary N) is 1. The fraction of sp³-hybridized carbons (Fsp3) is 0.294. The molecule has 1 unspecified atom stereocenters. The van der Waals surface area contributed by atoms with Crippen LogP contribution >= 0.6 is 0 Å². The van der Waals surface area contributed by atoms with Gasteiger partial charge in [0, 0.05) is 0 Å². The Labute approximate surface area is 114 Å². The number of anilines is 1. The quantitative estimate of drug-likeness (QED) is 0.812. The third-order valence-corrected chi connectivity index (χ3v) is 3.43. The van der Waals surface area contributed by atoms with E-state index in [1.807, 2.05) is 13.0 Å². The summed E-state index contributed by atoms with van der Waals surface area (Å²) in [6.07, 6.45) is 0.914. The van der Waals surface area contributed by atoms with E-state index in [1.54, 1.807) is 6.07 Å². The maximum absolute atomic E-state index is 13.9. The van der Waals surface area contributed by atoms with E-state index in [9.17, 15) is 4.39 Å². The monoisotopic (exact) mass is 257 g/mol. The standard InChI is InChI=1S/C17H20FN/c1-4-16(14-10-8-12(2)9-11-14)19-17-13(3)6-5-7-15(17)18/h5-11,16,19H,4H2,1-3H3. The van der Waals surface area contributed by atoms with Crippen LogP contribution in [-0.4, -0.2) is 0 Å². The third kappa shape index (κ3) is 3.14. The summed E-state index contributed by atoms with van der Waals surface area (Å²) < 4.78 is 13.9. The van der Waals surface area contributed by atoms with Gasteiger partial charge in [0.05, 0.1) is 11.7 Å². The van der Waals surface area contributed by atoms with Crippen molar-refractivity contribution >= 4 is 5.69 Å². The van der Waals surface area contributed by atoms with Crippen molar-refractivity contribution in [1.29, 1.82) is 0 Å². The van der Waals surface area contributed by atoms with E-state index in [4.69, 9.17) is 0 Å². The zero-order valence-corrected chi connectivity index (χ0v) is 11.7. The Kier molecular flexibility index (Phi) is 4.20. The van der Waals surface area contributed by atoms with Gasteiger partial charge in [-0.05, 0) is 37.5 Å². The van der Waals surface area contributed by atoms with Gasteiger partial charge in [0.1, 0.15) is 5.82 Å². The molecule has 0 aliphatic carbocycles. The fourth-order valence-corrected chi connectivity index (χ4v) is 2.21. The summed E-state index contributed by atoms with van der Waals surface area (Å²) in [5.41, 5.74) is 3.97. The minimum atomic E-state index is -0.189. The van der Waals surface area contributed by atoms with E-state index in [2.05, 4.69) is 43.4 Å². The van der Waals surface area contributed by atoms with Crippen molar-refractivity contribution in [3.8, 4) is 0 Å². The van der Waals surface area contributed by atoms with Crippen molar-refractivity contribution in [2.24, 2.45) is 0 Å². The van der Waals surface area contributed by atoms with Crippen LogP contribution in [0.25, 0.3) is 0 Å². The number of para-hydroxylation sites is 1. The predicted octanol–water partition coefficient (Wildman–Crippen LogP) is 5.01. The van der Waals surface area contributed by atoms with Gasteiger partial charge in [-0.3, -0.25) is 0 Å². The van der Waals surface area contributed by atoms with Gasteiger partial charge in [0.15, 0.2) is 0 Å². The number of hydrogen-bond donors (Lipinski definition) is 1. The van der Waals surface area contributed by atoms with Crippen molar-refractivity contribution in [3.05, 3.63) is 65.0 Å². The van der Waals surface area contributed by atoms with Gasteiger partial charge in [-0.15, -0.1) is 0 Å². The van der Waals surface area contributed by atoms with Crippen LogP contribution in [0.15, 0.2) is 42.5 Å². The van der Waals surface area contributed by atoms with E-state index in [-0.39, 0.29) is 11.9 Å². The Morgan fingerprint density at radius 2 is 1.74 bits per heavy atom. The lowest BCUT2D eigenvalue weighted by molar-refractivity contribution is 0.622. The third-order valence-electron chi connectivity index (χ3n) is 3.43. The van der Waals surface area contributed by atoms with Crippen molar-refractivity contribution in [1.82, 2.24) is 0 Å². The maximum Gasteiger partial charge on any atom is 0.146 e. The number of benzene rings is 2. The molecule has 0 saturated carbocycles. The van der Waals surface area contributed by atoms with Gasteiger partial charge >= 0.3 is 0 Å². The molecule has 0 radical (unpaired) electrons. The normalized spacial score (nSPS) is 12.2. The smallest absolute Gasteiger partial charge is 0.146 e. The summed E-state index contributed by atoms with van der Waals surface area (Å²) >= 11 is 0. The summed E-state index contributed by atoms with van der Waals surface area (Å²) in [4.78, 5) is 0. The summed E-state index contributed by atoms with van der Waals surface area (Å²) in [7, 11) is 0. The van der Waals surface area contributed by atoms with E-state index in [0.29, 0.717) is 5.69 Å². The molecule has 0 amide bonds. The van der Waals surface area contributed by atoms with Crippen LogP contribution in [0.4, 0.5) is 10.1 Å². The molecule has 0 aliphatic heterocycles. The summed E-state index contributed by atoms with van der Waals surface area (Å²) in [6.45, 7) is 6.10. The molecule has 19 heavy (non-hydrogen) atoms. The Hall–Kier alpha value is -1.83. The Balaban J connectivity index is 2.26. The molecule has 1 nitrogen and oxygen atoms in total. The molecule has 0 saturated heterocycles. The second-order valence-corrected chi connectivity index (χ2v) is 4.95. The highest BCUT2D eigenvalue weighted by Gasteiger charge is 2.12. The van der Waals surface area contributed by atoms with Gasteiger partial charge in [-0.2, -0.15) is 0 Å². The van der Waals surface area contributed by atoms with Crippen LogP contribution in [0.5, 0.6) is 0 Å². The van der Waals surface area contributed by atoms with E-state index < -0.39 is 0 Å². The minimum absolute atomic E-state index is 0.135. The molecule has 100 valence electrons. The Morgan fingerprint density at radius 3 is 2.32 bits per heavy atom. The summed E-state index contributed by atoms with van der Waals surface area (Å²) in [6, 6.07) is 13.7. The van der Waals surface area contributed by atoms with Crippen molar-refractivity contribution in [2.45, 2.75) is 33.2 Å². The highest BCUT2D eigenvalue weighted by molar-refractivity contribution is 5.53. The first-order chi connectivity index (χ1) is 9.11. The lowest BCUT2D eigenvalue weighted by Gasteiger charge is -2.20. The summed E-state index contributed by atoms with van der Waals surface area (Å²) in [5, 5.41) is 3.33. The Bertz CT molecular complexity index is 525. The summed E-state index contributed by atoms with van der Waals surface area (Å²) in [5.74, 6) is -0.189. The van der Waals surface area contributed by atoms with Crippen LogP contribution in [0.2, 0.25) is 0 Å². The van der Waals surface area contributed by atoms with Gasteiger partial charge in [-0.25, -0.2) is 4.39 Å². The fourth-order valence-electron chi connectivity index (χ4n) is 2.21. The number of hydrogen-bond acceptors (Lipinski definition) is 1. The highest BCUT2D eigenvalue weighted by atomic mass is 19.1. The first-order valence-corrected chi connectivity index (χ1v) is 6.70. The molecule has 1 atom stereocenters. The SMILES string of the molecule is CCC(Nc1c(C)cccc1F)c1ccc(C)cc1. The molecular weight excluding hydrogens is 237 g/mol. The van der Waals surface area contributed by atoms with Gasteiger partial charge < -0.3 is 5.32 Å². The van der Waals surface area contributed by atoms with Gasteiger partial charge in [0.2, 0.25) is 0 Å². The van der Waals surface area contributed by atoms with Crippen LogP contribution in [0, 0.1) is 19.7 Å². The van der Waals surface area contributed by atoms with Crippen molar-refractivity contribution < 1.29 is 4.39 Å². The molecule has 0 spiro atoms. The molecule has 1 N–H and O–H groups in total. The topological polar surface area (TPSA) is 12.0 Å². The first-order valence-electron chi connectivity index (χ1n) is 6.70. The van der Waals surface area contributed by atoms with Crippen LogP contribution in [0.3, 0.4) is 0 Å². The predicted molar refractivity (Wildman–Crippen MR) is 79.0 cm³/mol. The van der Waals surface area contributed by atoms with Crippen LogP contribution in [0.1, 0.15) is 36.1 Å². The van der Waals surface area contributed by atoms with Crippen molar-refractivity contribution in [3.63, 3.8) is 0 Å². The second kappa shape index (κ2) is 5.87. The molecule has 2 aromatic carbocycles. The molecular formula is C17H20FN. The molecule has 2 rings (SSSR count). The van der Waals surface area contributed by atoms with E-state index in [1.165, 1.54) is 17.2 Å². The minimum Gasteiger partial charge on any atom is -0.376 e. The molecule has 2 aromatic rings. The molecule has 0 fully saturated rings. The molecule has 0 heterocycles. The zero-order valence-electron chi connectivity index (χ0n) is 11.7. The maximum atomic E-state index is 13.9. The van der Waals surface area contributed by atoms with Crippen LogP contribution in [-0.2, 0) is 0 Å². The van der Waals surface area contributed by atoms with Gasteiger partial charge in [-0.1, -0.05) is 48.9 Å². The van der Waals surface area contributed by atoms with Crippen molar-refractivity contribution in [2.75, 3.05) is 5.32 Å². The first kappa shape index (κ1) is 13.6. The number of halogens is 1. The van der Waals surface area contributed by atoms with Gasteiger partial charge in [0.25, 0.3) is 0 Å². The number of rotatable bonds is 4. The average molecular weight is 257 g/mol. The average Bonchev–Trinajstić information content (AvgIpc) is 2.40. The van der Waals surface area contributed by atoms with Crippen LogP contribution < -0.4 is 5.32 Å².